The Kier molecular flexibility index (Phi) is 5.58. The van der Waals surface area contributed by atoms with Crippen LogP contribution in [0.3, 0.4) is 0 Å². The second kappa shape index (κ2) is 6.49. The van der Waals surface area contributed by atoms with Crippen molar-refractivity contribution in [3.63, 3.8) is 0 Å². The molecular weight excluding hydrogens is 224 g/mol. The predicted octanol–water partition coefficient (Wildman–Crippen LogP) is 5.42. The fourth-order valence-corrected chi connectivity index (χ4v) is 4.17. The van der Waals surface area contributed by atoms with Gasteiger partial charge in [-0.2, -0.15) is 0 Å². The minimum Gasteiger partial charge on any atom is -0.220 e. The summed E-state index contributed by atoms with van der Waals surface area (Å²) in [6, 6.07) is 9.32. The van der Waals surface area contributed by atoms with Gasteiger partial charge in [0.05, 0.1) is 0 Å². The summed E-state index contributed by atoms with van der Waals surface area (Å²) < 4.78 is 0. The molecule has 0 aliphatic carbocycles. The van der Waals surface area contributed by atoms with E-state index < -0.39 is 10.0 Å². The molecule has 0 aromatic heterocycles. The second-order valence-electron chi connectivity index (χ2n) is 5.48. The first-order valence-corrected chi connectivity index (χ1v) is 9.44. The molecule has 1 heteroatoms. The van der Waals surface area contributed by atoms with E-state index in [1.807, 2.05) is 0 Å². The summed E-state index contributed by atoms with van der Waals surface area (Å²) in [5.41, 5.74) is 1.52. The summed E-state index contributed by atoms with van der Waals surface area (Å²) in [6.07, 6.45) is 8.81. The lowest BCUT2D eigenvalue weighted by atomic mass is 9.99. The van der Waals surface area contributed by atoms with Crippen LogP contribution >= 0.6 is 10.0 Å². The van der Waals surface area contributed by atoms with Gasteiger partial charge in [-0.15, -0.1) is 0 Å². The van der Waals surface area contributed by atoms with Crippen LogP contribution in [0.4, 0.5) is 0 Å². The second-order valence-corrected chi connectivity index (χ2v) is 9.43. The minimum atomic E-state index is -0.587. The Hall–Kier alpha value is -0.430. The molecule has 0 amide bonds. The quantitative estimate of drug-likeness (QED) is 0.634. The van der Waals surface area contributed by atoms with E-state index in [2.05, 4.69) is 57.5 Å². The van der Waals surface area contributed by atoms with E-state index in [0.717, 1.165) is 0 Å². The lowest BCUT2D eigenvalue weighted by Gasteiger charge is -2.32. The maximum absolute atomic E-state index is 2.46. The summed E-state index contributed by atoms with van der Waals surface area (Å²) in [6.45, 7) is 6.88. The van der Waals surface area contributed by atoms with Crippen molar-refractivity contribution in [2.24, 2.45) is 0 Å². The van der Waals surface area contributed by atoms with E-state index in [0.29, 0.717) is 5.92 Å². The summed E-state index contributed by atoms with van der Waals surface area (Å²) in [5.74, 6) is 2.06. The molecule has 0 saturated heterocycles. The van der Waals surface area contributed by atoms with Gasteiger partial charge in [-0.25, -0.2) is 10.0 Å². The van der Waals surface area contributed by atoms with Gasteiger partial charge in [0.1, 0.15) is 0 Å². The molecule has 17 heavy (non-hydrogen) atoms. The van der Waals surface area contributed by atoms with Crippen LogP contribution in [0.15, 0.2) is 29.2 Å². The van der Waals surface area contributed by atoms with Gasteiger partial charge >= 0.3 is 0 Å². The fourth-order valence-electron chi connectivity index (χ4n) is 2.02. The van der Waals surface area contributed by atoms with Crippen LogP contribution in [0.25, 0.3) is 0 Å². The largest absolute Gasteiger partial charge is 0.220 e. The zero-order valence-electron chi connectivity index (χ0n) is 12.1. The van der Waals surface area contributed by atoms with Crippen LogP contribution in [0.1, 0.15) is 51.5 Å². The molecule has 0 saturated carbocycles. The van der Waals surface area contributed by atoms with Gasteiger partial charge in [-0.1, -0.05) is 45.4 Å². The van der Waals surface area contributed by atoms with E-state index in [4.69, 9.17) is 0 Å². The molecule has 0 bridgehead atoms. The maximum Gasteiger partial charge on any atom is -0.0101 e. The SMILES string of the molecule is CCCCS(C)(C)c1cccc(C(C)CC)c1. The molecule has 0 heterocycles. The monoisotopic (exact) mass is 252 g/mol. The number of unbranched alkanes of at least 4 members (excludes halogenated alkanes) is 1. The lowest BCUT2D eigenvalue weighted by Crippen LogP contribution is -2.03. The highest BCUT2D eigenvalue weighted by Gasteiger charge is 2.15. The predicted molar refractivity (Wildman–Crippen MR) is 82.6 cm³/mol. The van der Waals surface area contributed by atoms with Crippen LogP contribution in [-0.4, -0.2) is 18.3 Å². The summed E-state index contributed by atoms with van der Waals surface area (Å²) in [5, 5.41) is 0. The van der Waals surface area contributed by atoms with Crippen molar-refractivity contribution in [1.82, 2.24) is 0 Å². The molecule has 0 spiro atoms. The molecular formula is C16H28S. The minimum absolute atomic E-state index is 0.587. The first-order valence-electron chi connectivity index (χ1n) is 6.82. The number of rotatable bonds is 6. The standard InChI is InChI=1S/C16H28S/c1-6-8-12-17(4,5)16-11-9-10-15(13-16)14(3)7-2/h9-11,13-14H,6-8,12H2,1-5H3. The van der Waals surface area contributed by atoms with Gasteiger partial charge in [0, 0.05) is 0 Å². The van der Waals surface area contributed by atoms with Crippen LogP contribution in [0.5, 0.6) is 0 Å². The molecule has 0 aliphatic rings. The summed E-state index contributed by atoms with van der Waals surface area (Å²) >= 11 is 0. The number of hydrogen-bond donors (Lipinski definition) is 0. The Balaban J connectivity index is 2.90. The van der Waals surface area contributed by atoms with Crippen molar-refractivity contribution in [1.29, 1.82) is 0 Å². The topological polar surface area (TPSA) is 0 Å². The van der Waals surface area contributed by atoms with Crippen LogP contribution < -0.4 is 0 Å². The van der Waals surface area contributed by atoms with Crippen molar-refractivity contribution >= 4 is 10.0 Å². The Labute approximate surface area is 109 Å². The molecule has 1 aromatic carbocycles. The highest BCUT2D eigenvalue weighted by molar-refractivity contribution is 8.32. The van der Waals surface area contributed by atoms with Crippen LogP contribution in [0.2, 0.25) is 0 Å². The molecule has 0 radical (unpaired) electrons. The molecule has 98 valence electrons. The van der Waals surface area contributed by atoms with E-state index in [1.54, 1.807) is 4.90 Å². The summed E-state index contributed by atoms with van der Waals surface area (Å²) in [7, 11) is -0.587. The summed E-state index contributed by atoms with van der Waals surface area (Å²) in [4.78, 5) is 1.59. The molecule has 0 aliphatic heterocycles. The zero-order valence-corrected chi connectivity index (χ0v) is 12.9. The van der Waals surface area contributed by atoms with Crippen molar-refractivity contribution in [2.75, 3.05) is 18.3 Å². The van der Waals surface area contributed by atoms with E-state index in [-0.39, 0.29) is 0 Å². The van der Waals surface area contributed by atoms with Gasteiger partial charge in [0.2, 0.25) is 0 Å². The average Bonchev–Trinajstić information content (AvgIpc) is 2.35. The maximum atomic E-state index is 2.46. The van der Waals surface area contributed by atoms with Crippen molar-refractivity contribution in [3.8, 4) is 0 Å². The highest BCUT2D eigenvalue weighted by Crippen LogP contribution is 2.50. The van der Waals surface area contributed by atoms with Crippen molar-refractivity contribution in [2.45, 2.75) is 50.8 Å². The molecule has 0 nitrogen and oxygen atoms in total. The van der Waals surface area contributed by atoms with Crippen LogP contribution in [-0.2, 0) is 0 Å². The van der Waals surface area contributed by atoms with Gasteiger partial charge in [-0.3, -0.25) is 0 Å². The third-order valence-electron chi connectivity index (χ3n) is 3.69. The van der Waals surface area contributed by atoms with Crippen LogP contribution in [0, 0.1) is 0 Å². The van der Waals surface area contributed by atoms with Crippen molar-refractivity contribution in [3.05, 3.63) is 29.8 Å². The first-order chi connectivity index (χ1) is 8.01. The first kappa shape index (κ1) is 14.6. The Morgan fingerprint density at radius 3 is 2.47 bits per heavy atom. The van der Waals surface area contributed by atoms with Crippen molar-refractivity contribution < 1.29 is 0 Å². The van der Waals surface area contributed by atoms with E-state index in [9.17, 15) is 0 Å². The van der Waals surface area contributed by atoms with Gasteiger partial charge < -0.3 is 0 Å². The molecule has 1 aromatic rings. The molecule has 0 N–H and O–H groups in total. The Morgan fingerprint density at radius 2 is 1.88 bits per heavy atom. The van der Waals surface area contributed by atoms with E-state index in [1.165, 1.54) is 30.6 Å². The molecule has 1 unspecified atom stereocenters. The fraction of sp³-hybridized carbons (Fsp3) is 0.625. The van der Waals surface area contributed by atoms with E-state index >= 15 is 0 Å². The van der Waals surface area contributed by atoms with Gasteiger partial charge in [-0.05, 0) is 53.5 Å². The molecule has 1 atom stereocenters. The number of hydrogen-bond acceptors (Lipinski definition) is 0. The lowest BCUT2D eigenvalue weighted by molar-refractivity contribution is 0.731. The highest BCUT2D eigenvalue weighted by atomic mass is 32.3. The third kappa shape index (κ3) is 4.06. The Bertz CT molecular complexity index is 341. The molecule has 0 fully saturated rings. The normalized spacial score (nSPS) is 14.6. The van der Waals surface area contributed by atoms with Gasteiger partial charge in [0.15, 0.2) is 0 Å². The zero-order chi connectivity index (χ0) is 12.9. The third-order valence-corrected chi connectivity index (χ3v) is 6.53. The Morgan fingerprint density at radius 1 is 1.18 bits per heavy atom. The molecule has 1 rings (SSSR count). The average molecular weight is 252 g/mol. The smallest absolute Gasteiger partial charge is 0.0101 e. The van der Waals surface area contributed by atoms with Gasteiger partial charge in [0.25, 0.3) is 0 Å². The number of benzene rings is 1.